The molecule has 1 aliphatic carbocycles. The summed E-state index contributed by atoms with van der Waals surface area (Å²) in [6.45, 7) is 5.26. The van der Waals surface area contributed by atoms with Crippen molar-refractivity contribution < 1.29 is 8.42 Å². The Labute approximate surface area is 86.5 Å². The van der Waals surface area contributed by atoms with Gasteiger partial charge in [-0.15, -0.1) is 0 Å². The Morgan fingerprint density at radius 1 is 1.29 bits per heavy atom. The van der Waals surface area contributed by atoms with E-state index in [1.807, 2.05) is 0 Å². The van der Waals surface area contributed by atoms with Gasteiger partial charge >= 0.3 is 0 Å². The Balaban J connectivity index is 2.11. The number of rotatable bonds is 2. The van der Waals surface area contributed by atoms with Gasteiger partial charge in [0.15, 0.2) is 0 Å². The maximum absolute atomic E-state index is 11.4. The first-order valence-electron chi connectivity index (χ1n) is 5.36. The average Bonchev–Trinajstić information content (AvgIpc) is 2.58. The van der Waals surface area contributed by atoms with Crippen LogP contribution < -0.4 is 0 Å². The zero-order chi connectivity index (χ0) is 10.5. The number of fused-ring (bicyclic) bond motifs is 2. The van der Waals surface area contributed by atoms with Gasteiger partial charge in [-0.2, -0.15) is 4.31 Å². The molecule has 0 aromatic carbocycles. The van der Waals surface area contributed by atoms with Crippen LogP contribution in [0.1, 0.15) is 26.7 Å². The van der Waals surface area contributed by atoms with Crippen LogP contribution in [0.3, 0.4) is 0 Å². The predicted octanol–water partition coefficient (Wildman–Crippen LogP) is 1.31. The minimum Gasteiger partial charge on any atom is -0.212 e. The van der Waals surface area contributed by atoms with E-state index >= 15 is 0 Å². The normalized spacial score (nSPS) is 38.4. The summed E-state index contributed by atoms with van der Waals surface area (Å²) in [4.78, 5) is 0. The van der Waals surface area contributed by atoms with Crippen molar-refractivity contribution in [2.75, 3.05) is 12.8 Å². The predicted molar refractivity (Wildman–Crippen MR) is 56.4 cm³/mol. The molecule has 0 aromatic heterocycles. The first-order chi connectivity index (χ1) is 6.39. The van der Waals surface area contributed by atoms with Crippen molar-refractivity contribution in [3.05, 3.63) is 0 Å². The van der Waals surface area contributed by atoms with Crippen LogP contribution in [-0.4, -0.2) is 31.6 Å². The summed E-state index contributed by atoms with van der Waals surface area (Å²) < 4.78 is 24.6. The molecule has 1 heterocycles. The summed E-state index contributed by atoms with van der Waals surface area (Å²) in [5.41, 5.74) is 0. The lowest BCUT2D eigenvalue weighted by Gasteiger charge is -2.31. The van der Waals surface area contributed by atoms with Gasteiger partial charge in [0, 0.05) is 12.6 Å². The number of sulfonamides is 1. The number of piperidine rings is 1. The summed E-state index contributed by atoms with van der Waals surface area (Å²) >= 11 is 0. The highest BCUT2D eigenvalue weighted by Gasteiger charge is 2.48. The van der Waals surface area contributed by atoms with E-state index in [1.165, 1.54) is 6.26 Å². The molecule has 4 heteroatoms. The Morgan fingerprint density at radius 3 is 2.29 bits per heavy atom. The lowest BCUT2D eigenvalue weighted by molar-refractivity contribution is 0.215. The van der Waals surface area contributed by atoms with E-state index in [9.17, 15) is 8.42 Å². The zero-order valence-corrected chi connectivity index (χ0v) is 9.92. The van der Waals surface area contributed by atoms with E-state index < -0.39 is 10.0 Å². The largest absolute Gasteiger partial charge is 0.212 e. The van der Waals surface area contributed by atoms with Crippen molar-refractivity contribution in [3.8, 4) is 0 Å². The number of nitrogens with zero attached hydrogens (tertiary/aromatic N) is 1. The average molecular weight is 217 g/mol. The minimum absolute atomic E-state index is 0.308. The lowest BCUT2D eigenvalue weighted by atomic mass is 9.85. The fourth-order valence-corrected chi connectivity index (χ4v) is 4.35. The Morgan fingerprint density at radius 2 is 1.93 bits per heavy atom. The molecule has 0 N–H and O–H groups in total. The van der Waals surface area contributed by atoms with E-state index in [2.05, 4.69) is 13.8 Å². The molecule has 3 nitrogen and oxygen atoms in total. The Bertz CT molecular complexity index is 323. The third kappa shape index (κ3) is 1.58. The smallest absolute Gasteiger partial charge is 0.211 e. The Hall–Kier alpha value is -0.0900. The summed E-state index contributed by atoms with van der Waals surface area (Å²) in [6, 6.07) is 0.308. The first-order valence-corrected chi connectivity index (χ1v) is 7.21. The van der Waals surface area contributed by atoms with Crippen LogP contribution >= 0.6 is 0 Å². The molecule has 0 radical (unpaired) electrons. The summed E-state index contributed by atoms with van der Waals surface area (Å²) in [5.74, 6) is 2.07. The molecule has 3 atom stereocenters. The highest BCUT2D eigenvalue weighted by Crippen LogP contribution is 2.46. The van der Waals surface area contributed by atoms with Gasteiger partial charge in [-0.05, 0) is 30.6 Å². The molecule has 0 spiro atoms. The van der Waals surface area contributed by atoms with Crippen LogP contribution in [0.25, 0.3) is 0 Å². The van der Waals surface area contributed by atoms with E-state index in [1.54, 1.807) is 4.31 Å². The fraction of sp³-hybridized carbons (Fsp3) is 1.00. The molecule has 1 saturated heterocycles. The van der Waals surface area contributed by atoms with Gasteiger partial charge in [-0.1, -0.05) is 13.8 Å². The summed E-state index contributed by atoms with van der Waals surface area (Å²) in [6.07, 6.45) is 3.50. The molecule has 2 aliphatic rings. The molecule has 14 heavy (non-hydrogen) atoms. The summed E-state index contributed by atoms with van der Waals surface area (Å²) in [5, 5.41) is 0. The second-order valence-corrected chi connectivity index (χ2v) is 7.06. The van der Waals surface area contributed by atoms with Gasteiger partial charge in [0.25, 0.3) is 0 Å². The lowest BCUT2D eigenvalue weighted by Crippen LogP contribution is -2.40. The topological polar surface area (TPSA) is 37.4 Å². The van der Waals surface area contributed by atoms with Gasteiger partial charge in [0.1, 0.15) is 0 Å². The van der Waals surface area contributed by atoms with Crippen LogP contribution in [0, 0.1) is 17.8 Å². The first kappa shape index (κ1) is 10.4. The van der Waals surface area contributed by atoms with E-state index in [-0.39, 0.29) is 0 Å². The van der Waals surface area contributed by atoms with E-state index in [0.717, 1.165) is 25.3 Å². The van der Waals surface area contributed by atoms with Gasteiger partial charge in [0.2, 0.25) is 10.0 Å². The van der Waals surface area contributed by atoms with Crippen molar-refractivity contribution >= 4 is 10.0 Å². The van der Waals surface area contributed by atoms with E-state index in [0.29, 0.717) is 17.9 Å². The van der Waals surface area contributed by atoms with Gasteiger partial charge in [-0.3, -0.25) is 0 Å². The van der Waals surface area contributed by atoms with E-state index in [4.69, 9.17) is 0 Å². The molecule has 0 aromatic rings. The van der Waals surface area contributed by atoms with Gasteiger partial charge < -0.3 is 0 Å². The standard InChI is InChI=1S/C10H19NO2S/c1-7(2)10-5-9-4-8(10)6-11(9)14(3,12)13/h7-10H,4-6H2,1-3H3/t8-,9-,10-/m0/s1. The van der Waals surface area contributed by atoms with Crippen LogP contribution in [0.15, 0.2) is 0 Å². The van der Waals surface area contributed by atoms with Crippen LogP contribution in [-0.2, 0) is 10.0 Å². The third-order valence-electron chi connectivity index (χ3n) is 3.83. The van der Waals surface area contributed by atoms with Crippen molar-refractivity contribution in [1.82, 2.24) is 4.31 Å². The maximum Gasteiger partial charge on any atom is 0.211 e. The molecule has 2 bridgehead atoms. The molecule has 0 unspecified atom stereocenters. The fourth-order valence-electron chi connectivity index (χ4n) is 3.18. The van der Waals surface area contributed by atoms with Crippen LogP contribution in [0.5, 0.6) is 0 Å². The molecule has 0 amide bonds. The third-order valence-corrected chi connectivity index (χ3v) is 5.13. The summed E-state index contributed by atoms with van der Waals surface area (Å²) in [7, 11) is -2.95. The second kappa shape index (κ2) is 3.20. The van der Waals surface area contributed by atoms with Crippen molar-refractivity contribution in [1.29, 1.82) is 0 Å². The molecule has 2 rings (SSSR count). The van der Waals surface area contributed by atoms with Gasteiger partial charge in [0.05, 0.1) is 6.26 Å². The molecular weight excluding hydrogens is 198 g/mol. The SMILES string of the molecule is CC(C)[C@@H]1C[C@@H]2C[C@H]1CN2S(C)(=O)=O. The maximum atomic E-state index is 11.4. The van der Waals surface area contributed by atoms with Crippen LogP contribution in [0.4, 0.5) is 0 Å². The Kier molecular flexibility index (Phi) is 2.39. The van der Waals surface area contributed by atoms with Crippen molar-refractivity contribution in [2.45, 2.75) is 32.7 Å². The molecule has 82 valence electrons. The van der Waals surface area contributed by atoms with Crippen molar-refractivity contribution in [2.24, 2.45) is 17.8 Å². The second-order valence-electron chi connectivity index (χ2n) is 5.13. The highest BCUT2D eigenvalue weighted by atomic mass is 32.2. The molecule has 2 fully saturated rings. The number of hydrogen-bond acceptors (Lipinski definition) is 2. The molecule has 1 saturated carbocycles. The number of hydrogen-bond donors (Lipinski definition) is 0. The van der Waals surface area contributed by atoms with Crippen LogP contribution in [0.2, 0.25) is 0 Å². The highest BCUT2D eigenvalue weighted by molar-refractivity contribution is 7.88. The van der Waals surface area contributed by atoms with Crippen molar-refractivity contribution in [3.63, 3.8) is 0 Å². The monoisotopic (exact) mass is 217 g/mol. The minimum atomic E-state index is -2.95. The van der Waals surface area contributed by atoms with Gasteiger partial charge in [-0.25, -0.2) is 8.42 Å². The molecular formula is C10H19NO2S. The quantitative estimate of drug-likeness (QED) is 0.699. The zero-order valence-electron chi connectivity index (χ0n) is 9.10. The molecule has 1 aliphatic heterocycles.